The predicted octanol–water partition coefficient (Wildman–Crippen LogP) is 3.19. The van der Waals surface area contributed by atoms with Crippen molar-refractivity contribution >= 4 is 11.6 Å². The standard InChI is InChI=1S/C20H32N6/c1-3-16-10-12-17(13-11-16)23-20(21-4-2)22-14-7-9-19-25-24-18-8-5-6-15-26(18)19/h5-6,8,15-17H,3-4,7,9-14H2,1-2H3,(H2,21,22,23). The molecule has 2 heterocycles. The number of aliphatic imine (C=N–C) groups is 1. The Labute approximate surface area is 156 Å². The zero-order valence-electron chi connectivity index (χ0n) is 16.1. The van der Waals surface area contributed by atoms with E-state index in [0.717, 1.165) is 49.3 Å². The number of nitrogens with zero attached hydrogens (tertiary/aromatic N) is 4. The van der Waals surface area contributed by atoms with Crippen LogP contribution in [-0.2, 0) is 6.42 Å². The molecule has 26 heavy (non-hydrogen) atoms. The van der Waals surface area contributed by atoms with Gasteiger partial charge in [-0.1, -0.05) is 19.4 Å². The number of guanidine groups is 1. The van der Waals surface area contributed by atoms with Crippen molar-refractivity contribution in [1.29, 1.82) is 0 Å². The Kier molecular flexibility index (Phi) is 6.86. The molecule has 3 rings (SSSR count). The van der Waals surface area contributed by atoms with Crippen LogP contribution in [0.3, 0.4) is 0 Å². The zero-order valence-corrected chi connectivity index (χ0v) is 16.1. The van der Waals surface area contributed by atoms with Crippen molar-refractivity contribution in [2.45, 2.75) is 64.8 Å². The molecule has 0 radical (unpaired) electrons. The molecule has 0 unspecified atom stereocenters. The van der Waals surface area contributed by atoms with Crippen molar-refractivity contribution in [2.75, 3.05) is 13.1 Å². The quantitative estimate of drug-likeness (QED) is 0.454. The Morgan fingerprint density at radius 1 is 1.19 bits per heavy atom. The average Bonchev–Trinajstić information content (AvgIpc) is 3.09. The van der Waals surface area contributed by atoms with E-state index in [1.54, 1.807) is 0 Å². The summed E-state index contributed by atoms with van der Waals surface area (Å²) in [5.74, 6) is 2.88. The molecule has 1 aliphatic carbocycles. The first-order chi connectivity index (χ1) is 12.8. The van der Waals surface area contributed by atoms with Crippen LogP contribution in [0.1, 0.15) is 58.2 Å². The van der Waals surface area contributed by atoms with Gasteiger partial charge in [0.2, 0.25) is 0 Å². The molecule has 6 heteroatoms. The fourth-order valence-electron chi connectivity index (χ4n) is 3.72. The van der Waals surface area contributed by atoms with Gasteiger partial charge in [-0.25, -0.2) is 0 Å². The van der Waals surface area contributed by atoms with Crippen LogP contribution in [0.5, 0.6) is 0 Å². The van der Waals surface area contributed by atoms with E-state index in [9.17, 15) is 0 Å². The number of fused-ring (bicyclic) bond motifs is 1. The second kappa shape index (κ2) is 9.55. The molecule has 0 aliphatic heterocycles. The van der Waals surface area contributed by atoms with E-state index >= 15 is 0 Å². The number of pyridine rings is 1. The van der Waals surface area contributed by atoms with Gasteiger partial charge in [0.15, 0.2) is 11.6 Å². The van der Waals surface area contributed by atoms with Crippen LogP contribution in [0.4, 0.5) is 0 Å². The summed E-state index contributed by atoms with van der Waals surface area (Å²) in [4.78, 5) is 4.76. The highest BCUT2D eigenvalue weighted by Gasteiger charge is 2.20. The Morgan fingerprint density at radius 3 is 2.81 bits per heavy atom. The van der Waals surface area contributed by atoms with Gasteiger partial charge in [-0.2, -0.15) is 0 Å². The lowest BCUT2D eigenvalue weighted by Crippen LogP contribution is -2.44. The van der Waals surface area contributed by atoms with Gasteiger partial charge in [-0.15, -0.1) is 10.2 Å². The van der Waals surface area contributed by atoms with Crippen LogP contribution >= 0.6 is 0 Å². The topological polar surface area (TPSA) is 66.6 Å². The molecule has 1 fully saturated rings. The molecule has 6 nitrogen and oxygen atoms in total. The Bertz CT molecular complexity index is 699. The molecule has 142 valence electrons. The summed E-state index contributed by atoms with van der Waals surface area (Å²) in [6, 6.07) is 6.55. The van der Waals surface area contributed by atoms with Crippen LogP contribution in [0.2, 0.25) is 0 Å². The van der Waals surface area contributed by atoms with Crippen LogP contribution < -0.4 is 10.6 Å². The number of aryl methyl sites for hydroxylation is 1. The van der Waals surface area contributed by atoms with Crippen LogP contribution in [0.25, 0.3) is 5.65 Å². The first kappa shape index (κ1) is 18.7. The van der Waals surface area contributed by atoms with E-state index in [1.165, 1.54) is 32.1 Å². The minimum absolute atomic E-state index is 0.566. The number of nitrogens with one attached hydrogen (secondary N) is 2. The van der Waals surface area contributed by atoms with Crippen molar-refractivity contribution in [1.82, 2.24) is 25.2 Å². The number of rotatable bonds is 7. The van der Waals surface area contributed by atoms with E-state index < -0.39 is 0 Å². The van der Waals surface area contributed by atoms with Gasteiger partial charge in [-0.05, 0) is 57.1 Å². The molecular weight excluding hydrogens is 324 g/mol. The molecule has 2 N–H and O–H groups in total. The summed E-state index contributed by atoms with van der Waals surface area (Å²) in [5, 5.41) is 15.5. The second-order valence-electron chi connectivity index (χ2n) is 7.18. The lowest BCUT2D eigenvalue weighted by molar-refractivity contribution is 0.304. The molecule has 0 amide bonds. The third-order valence-electron chi connectivity index (χ3n) is 5.32. The minimum Gasteiger partial charge on any atom is -0.357 e. The largest absolute Gasteiger partial charge is 0.357 e. The first-order valence-corrected chi connectivity index (χ1v) is 10.1. The maximum atomic E-state index is 4.76. The zero-order chi connectivity index (χ0) is 18.2. The van der Waals surface area contributed by atoms with Crippen molar-refractivity contribution < 1.29 is 0 Å². The molecule has 0 spiro atoms. The molecule has 2 aromatic heterocycles. The predicted molar refractivity (Wildman–Crippen MR) is 106 cm³/mol. The van der Waals surface area contributed by atoms with E-state index in [4.69, 9.17) is 4.99 Å². The Morgan fingerprint density at radius 2 is 2.04 bits per heavy atom. The Hall–Kier alpha value is -2.11. The summed E-state index contributed by atoms with van der Waals surface area (Å²) < 4.78 is 2.05. The van der Waals surface area contributed by atoms with E-state index in [0.29, 0.717) is 6.04 Å². The minimum atomic E-state index is 0.566. The maximum Gasteiger partial charge on any atom is 0.191 e. The lowest BCUT2D eigenvalue weighted by Gasteiger charge is -2.29. The number of aromatic nitrogens is 3. The van der Waals surface area contributed by atoms with Crippen molar-refractivity contribution in [3.05, 3.63) is 30.2 Å². The molecular formula is C20H32N6. The van der Waals surface area contributed by atoms with E-state index in [2.05, 4.69) is 39.1 Å². The molecule has 0 bridgehead atoms. The fourth-order valence-corrected chi connectivity index (χ4v) is 3.72. The van der Waals surface area contributed by atoms with Gasteiger partial charge in [0.25, 0.3) is 0 Å². The van der Waals surface area contributed by atoms with Gasteiger partial charge in [0.1, 0.15) is 5.82 Å². The third-order valence-corrected chi connectivity index (χ3v) is 5.32. The van der Waals surface area contributed by atoms with Gasteiger partial charge in [0, 0.05) is 31.7 Å². The van der Waals surface area contributed by atoms with E-state index in [1.807, 2.05) is 24.4 Å². The number of hydrogen-bond donors (Lipinski definition) is 2. The van der Waals surface area contributed by atoms with Crippen molar-refractivity contribution in [3.8, 4) is 0 Å². The summed E-state index contributed by atoms with van der Waals surface area (Å²) in [6.07, 6.45) is 10.4. The maximum absolute atomic E-state index is 4.76. The molecule has 0 saturated heterocycles. The van der Waals surface area contributed by atoms with Crippen LogP contribution in [0.15, 0.2) is 29.4 Å². The smallest absolute Gasteiger partial charge is 0.191 e. The fraction of sp³-hybridized carbons (Fsp3) is 0.650. The molecule has 2 aromatic rings. The molecule has 0 aromatic carbocycles. The lowest BCUT2D eigenvalue weighted by atomic mass is 9.84. The monoisotopic (exact) mass is 356 g/mol. The highest BCUT2D eigenvalue weighted by atomic mass is 15.2. The van der Waals surface area contributed by atoms with E-state index in [-0.39, 0.29) is 0 Å². The van der Waals surface area contributed by atoms with Gasteiger partial charge in [-0.3, -0.25) is 9.39 Å². The SMILES string of the molecule is CCNC(=NCCCc1nnc2ccccn12)NC1CCC(CC)CC1. The highest BCUT2D eigenvalue weighted by Crippen LogP contribution is 2.26. The summed E-state index contributed by atoms with van der Waals surface area (Å²) in [5.41, 5.74) is 0.906. The van der Waals surface area contributed by atoms with Gasteiger partial charge >= 0.3 is 0 Å². The summed E-state index contributed by atoms with van der Waals surface area (Å²) in [7, 11) is 0. The summed E-state index contributed by atoms with van der Waals surface area (Å²) >= 11 is 0. The highest BCUT2D eigenvalue weighted by molar-refractivity contribution is 5.80. The summed E-state index contributed by atoms with van der Waals surface area (Å²) in [6.45, 7) is 6.11. The van der Waals surface area contributed by atoms with Gasteiger partial charge in [0.05, 0.1) is 0 Å². The molecule has 1 aliphatic rings. The first-order valence-electron chi connectivity index (χ1n) is 10.1. The molecule has 1 saturated carbocycles. The number of hydrogen-bond acceptors (Lipinski definition) is 3. The third kappa shape index (κ3) is 4.96. The van der Waals surface area contributed by atoms with Crippen molar-refractivity contribution in [3.63, 3.8) is 0 Å². The normalized spacial score (nSPS) is 21.1. The van der Waals surface area contributed by atoms with Crippen LogP contribution in [-0.4, -0.2) is 39.7 Å². The Balaban J connectivity index is 1.48. The average molecular weight is 357 g/mol. The van der Waals surface area contributed by atoms with Crippen molar-refractivity contribution in [2.24, 2.45) is 10.9 Å². The molecule has 0 atom stereocenters. The van der Waals surface area contributed by atoms with Gasteiger partial charge < -0.3 is 10.6 Å². The van der Waals surface area contributed by atoms with Crippen LogP contribution in [0, 0.1) is 5.92 Å². The second-order valence-corrected chi connectivity index (χ2v) is 7.18.